The molecule has 0 saturated carbocycles. The second kappa shape index (κ2) is 8.02. The first-order valence-electron chi connectivity index (χ1n) is 11.4. The quantitative estimate of drug-likeness (QED) is 0.151. The molecule has 0 fully saturated rings. The van der Waals surface area contributed by atoms with E-state index in [0.29, 0.717) is 0 Å². The van der Waals surface area contributed by atoms with Gasteiger partial charge in [-0.15, -0.1) is 29.8 Å². The molecule has 0 aliphatic heterocycles. The summed E-state index contributed by atoms with van der Waals surface area (Å²) in [6.45, 7) is 4.21. The third-order valence-corrected chi connectivity index (χ3v) is 15.3. The molecule has 4 aromatic carbocycles. The lowest BCUT2D eigenvalue weighted by molar-refractivity contribution is 0.977. The van der Waals surface area contributed by atoms with E-state index in [9.17, 15) is 0 Å². The summed E-state index contributed by atoms with van der Waals surface area (Å²) in [6, 6.07) is 36.1. The van der Waals surface area contributed by atoms with Crippen LogP contribution in [0.5, 0.6) is 0 Å². The lowest BCUT2D eigenvalue weighted by atomic mass is 10.1. The Labute approximate surface area is 206 Å². The zero-order valence-electron chi connectivity index (χ0n) is 18.2. The van der Waals surface area contributed by atoms with Crippen molar-refractivity contribution in [1.82, 2.24) is 0 Å². The second-order valence-electron chi connectivity index (χ2n) is 9.12. The predicted octanol–water partition coefficient (Wildman–Crippen LogP) is 8.67. The number of hydrogen-bond acceptors (Lipinski definition) is 0. The van der Waals surface area contributed by atoms with E-state index in [-0.39, 0.29) is 11.1 Å². The monoisotopic (exact) mass is 482 g/mol. The van der Waals surface area contributed by atoms with Crippen LogP contribution in [-0.4, -0.2) is 12.5 Å². The number of allylic oxidation sites excluding steroid dienone is 1. The molecule has 162 valence electrons. The van der Waals surface area contributed by atoms with Gasteiger partial charge in [-0.05, 0) is 50.6 Å². The molecule has 0 unspecified atom stereocenters. The van der Waals surface area contributed by atoms with Crippen LogP contribution in [0.25, 0.3) is 22.3 Å². The Kier molecular flexibility index (Phi) is 5.10. The lowest BCUT2D eigenvalue weighted by Gasteiger charge is -2.44. The van der Waals surface area contributed by atoms with Gasteiger partial charge in [0, 0.05) is 11.1 Å². The zero-order valence-corrected chi connectivity index (χ0v) is 20.7. The van der Waals surface area contributed by atoms with Gasteiger partial charge >= 0.3 is 0 Å². The largest absolute Gasteiger partial charge is 0.120 e. The van der Waals surface area contributed by atoms with Crippen LogP contribution >= 0.6 is 23.2 Å². The topological polar surface area (TPSA) is 0 Å². The van der Waals surface area contributed by atoms with Gasteiger partial charge in [0.05, 0.1) is 4.46 Å². The van der Waals surface area contributed by atoms with Crippen LogP contribution in [0.2, 0.25) is 6.04 Å². The van der Waals surface area contributed by atoms with E-state index in [4.69, 9.17) is 23.2 Å². The number of rotatable bonds is 5. The van der Waals surface area contributed by atoms with Crippen molar-refractivity contribution in [3.8, 4) is 22.3 Å². The van der Waals surface area contributed by atoms with Gasteiger partial charge in [-0.1, -0.05) is 103 Å². The Hall–Kier alpha value is -2.58. The van der Waals surface area contributed by atoms with Crippen LogP contribution in [0.4, 0.5) is 0 Å². The molecule has 2 aliphatic carbocycles. The minimum atomic E-state index is -2.60. The summed E-state index contributed by atoms with van der Waals surface area (Å²) in [5.74, 6) is 0. The summed E-state index contributed by atoms with van der Waals surface area (Å²) >= 11 is 14.4. The molecule has 6 rings (SSSR count). The molecule has 3 heteroatoms. The minimum Gasteiger partial charge on any atom is -0.109 e. The maximum absolute atomic E-state index is 7.18. The van der Waals surface area contributed by atoms with Crippen molar-refractivity contribution >= 4 is 31.3 Å². The molecule has 4 aromatic rings. The van der Waals surface area contributed by atoms with Gasteiger partial charge in [-0.2, -0.15) is 0 Å². The SMILES string of the molecule is C=CC[Si](C(Cl)Cl)(C1c2ccccc2-c2ccccc21)C1c2ccccc2-c2ccccc21. The van der Waals surface area contributed by atoms with E-state index in [0.717, 1.165) is 6.04 Å². The fourth-order valence-electron chi connectivity index (χ4n) is 6.46. The van der Waals surface area contributed by atoms with E-state index in [1.54, 1.807) is 0 Å². The van der Waals surface area contributed by atoms with Crippen LogP contribution in [0, 0.1) is 0 Å². The molecule has 0 radical (unpaired) electrons. The van der Waals surface area contributed by atoms with Crippen LogP contribution < -0.4 is 0 Å². The smallest absolute Gasteiger partial charge is 0.109 e. The van der Waals surface area contributed by atoms with Crippen molar-refractivity contribution < 1.29 is 0 Å². The van der Waals surface area contributed by atoms with Gasteiger partial charge in [0.25, 0.3) is 0 Å². The number of benzene rings is 4. The zero-order chi connectivity index (χ0) is 22.6. The summed E-state index contributed by atoms with van der Waals surface area (Å²) in [7, 11) is -2.60. The van der Waals surface area contributed by atoms with Gasteiger partial charge in [-0.3, -0.25) is 0 Å². The number of halogens is 2. The molecule has 2 aliphatic rings. The second-order valence-corrected chi connectivity index (χ2v) is 15.3. The van der Waals surface area contributed by atoms with E-state index < -0.39 is 12.5 Å². The molecule has 0 saturated heterocycles. The average Bonchev–Trinajstić information content (AvgIpc) is 3.37. The first-order chi connectivity index (χ1) is 16.2. The average molecular weight is 484 g/mol. The van der Waals surface area contributed by atoms with E-state index >= 15 is 0 Å². The Morgan fingerprint density at radius 1 is 0.606 bits per heavy atom. The number of alkyl halides is 2. The van der Waals surface area contributed by atoms with Gasteiger partial charge < -0.3 is 0 Å². The fraction of sp³-hybridized carbons (Fsp3) is 0.133. The first kappa shape index (κ1) is 21.0. The highest BCUT2D eigenvalue weighted by molar-refractivity contribution is 6.97. The molecule has 0 N–H and O–H groups in total. The van der Waals surface area contributed by atoms with Crippen molar-refractivity contribution in [2.45, 2.75) is 21.6 Å². The van der Waals surface area contributed by atoms with Gasteiger partial charge in [0.15, 0.2) is 0 Å². The Balaban J connectivity index is 1.70. The predicted molar refractivity (Wildman–Crippen MR) is 144 cm³/mol. The normalized spacial score (nSPS) is 14.6. The Morgan fingerprint density at radius 3 is 1.18 bits per heavy atom. The van der Waals surface area contributed by atoms with E-state index in [1.165, 1.54) is 44.5 Å². The van der Waals surface area contributed by atoms with Gasteiger partial charge in [-0.25, -0.2) is 0 Å². The third kappa shape index (κ3) is 2.89. The molecule has 0 amide bonds. The third-order valence-electron chi connectivity index (χ3n) is 7.65. The van der Waals surface area contributed by atoms with E-state index in [1.807, 2.05) is 0 Å². The minimum absolute atomic E-state index is 0.187. The highest BCUT2D eigenvalue weighted by atomic mass is 35.5. The maximum Gasteiger partial charge on any atom is 0.120 e. The molecule has 0 nitrogen and oxygen atoms in total. The molecule has 0 spiro atoms. The number of hydrogen-bond donors (Lipinski definition) is 0. The summed E-state index contributed by atoms with van der Waals surface area (Å²) < 4.78 is -0.469. The first-order valence-corrected chi connectivity index (χ1v) is 14.7. The fourth-order valence-corrected chi connectivity index (χ4v) is 13.8. The van der Waals surface area contributed by atoms with Crippen LogP contribution in [0.15, 0.2) is 110 Å². The Morgan fingerprint density at radius 2 is 0.909 bits per heavy atom. The summed E-state index contributed by atoms with van der Waals surface area (Å²) in [5.41, 5.74) is 11.1. The molecule has 0 heterocycles. The van der Waals surface area contributed by atoms with Crippen LogP contribution in [0.3, 0.4) is 0 Å². The maximum atomic E-state index is 7.18. The summed E-state index contributed by atoms with van der Waals surface area (Å²) in [6.07, 6.45) is 2.07. The van der Waals surface area contributed by atoms with Crippen molar-refractivity contribution in [2.75, 3.05) is 0 Å². The van der Waals surface area contributed by atoms with Crippen molar-refractivity contribution in [2.24, 2.45) is 0 Å². The van der Waals surface area contributed by atoms with E-state index in [2.05, 4.69) is 110 Å². The highest BCUT2D eigenvalue weighted by Gasteiger charge is 2.58. The van der Waals surface area contributed by atoms with Crippen LogP contribution in [-0.2, 0) is 0 Å². The highest BCUT2D eigenvalue weighted by Crippen LogP contribution is 2.60. The molecule has 0 bridgehead atoms. The molecular formula is C30H24Cl2Si. The molecular weight excluding hydrogens is 459 g/mol. The number of fused-ring (bicyclic) bond motifs is 6. The summed E-state index contributed by atoms with van der Waals surface area (Å²) in [4.78, 5) is 0. The van der Waals surface area contributed by atoms with Gasteiger partial charge in [0.2, 0.25) is 0 Å². The molecule has 0 atom stereocenters. The Bertz CT molecular complexity index is 1190. The van der Waals surface area contributed by atoms with Crippen molar-refractivity contribution in [3.63, 3.8) is 0 Å². The lowest BCUT2D eigenvalue weighted by Crippen LogP contribution is -2.53. The van der Waals surface area contributed by atoms with Crippen molar-refractivity contribution in [1.29, 1.82) is 0 Å². The molecule has 0 aromatic heterocycles. The standard InChI is InChI=1S/C30H24Cl2Si/c1-2-19-33(30(31)32,28-24-15-7-3-11-20(24)21-12-4-8-16-25(21)28)29-26-17-9-5-13-22(26)23-14-6-10-18-27(23)29/h2-18,28-30H,1,19H2. The van der Waals surface area contributed by atoms with Gasteiger partial charge in [0.1, 0.15) is 8.07 Å². The molecule has 33 heavy (non-hydrogen) atoms. The summed E-state index contributed by atoms with van der Waals surface area (Å²) in [5, 5.41) is 0. The van der Waals surface area contributed by atoms with Crippen molar-refractivity contribution in [3.05, 3.63) is 132 Å². The van der Waals surface area contributed by atoms with Crippen LogP contribution in [0.1, 0.15) is 33.3 Å².